The van der Waals surface area contributed by atoms with Gasteiger partial charge in [-0.2, -0.15) is 0 Å². The van der Waals surface area contributed by atoms with Gasteiger partial charge in [-0.3, -0.25) is 0 Å². The minimum Gasteiger partial charge on any atom is -0.389 e. The van der Waals surface area contributed by atoms with Crippen LogP contribution in [0.2, 0.25) is 0 Å². The summed E-state index contributed by atoms with van der Waals surface area (Å²) in [5.74, 6) is 0.498. The standard InChI is InChI=1S/C8H12O/c9-8-5-1-3-7(8)4-2-6-8/h1,3,7,9H,2,4-6H2. The summed E-state index contributed by atoms with van der Waals surface area (Å²) in [7, 11) is 0. The van der Waals surface area contributed by atoms with Gasteiger partial charge in [0.1, 0.15) is 0 Å². The number of aliphatic hydroxyl groups is 1. The van der Waals surface area contributed by atoms with Crippen molar-refractivity contribution in [2.45, 2.75) is 31.3 Å². The van der Waals surface area contributed by atoms with E-state index >= 15 is 0 Å². The minimum absolute atomic E-state index is 0.306. The van der Waals surface area contributed by atoms with Gasteiger partial charge >= 0.3 is 0 Å². The number of hydrogen-bond donors (Lipinski definition) is 1. The van der Waals surface area contributed by atoms with Crippen molar-refractivity contribution in [3.8, 4) is 0 Å². The fourth-order valence-corrected chi connectivity index (χ4v) is 2.05. The van der Waals surface area contributed by atoms with Crippen molar-refractivity contribution < 1.29 is 5.11 Å². The van der Waals surface area contributed by atoms with Crippen LogP contribution in [-0.4, -0.2) is 10.7 Å². The Labute approximate surface area is 55.4 Å². The van der Waals surface area contributed by atoms with E-state index < -0.39 is 0 Å². The van der Waals surface area contributed by atoms with Crippen LogP contribution >= 0.6 is 0 Å². The summed E-state index contributed by atoms with van der Waals surface area (Å²) in [5, 5.41) is 9.77. The van der Waals surface area contributed by atoms with E-state index in [-0.39, 0.29) is 5.60 Å². The lowest BCUT2D eigenvalue weighted by atomic mass is 9.94. The summed E-state index contributed by atoms with van der Waals surface area (Å²) in [6, 6.07) is 0. The lowest BCUT2D eigenvalue weighted by Crippen LogP contribution is -2.27. The van der Waals surface area contributed by atoms with Gasteiger partial charge in [-0.15, -0.1) is 0 Å². The van der Waals surface area contributed by atoms with Gasteiger partial charge in [-0.25, -0.2) is 0 Å². The smallest absolute Gasteiger partial charge is 0.0744 e. The predicted molar refractivity (Wildman–Crippen MR) is 36.0 cm³/mol. The van der Waals surface area contributed by atoms with Crippen LogP contribution in [0.1, 0.15) is 25.7 Å². The molecule has 2 aliphatic rings. The van der Waals surface area contributed by atoms with Gasteiger partial charge in [0.15, 0.2) is 0 Å². The molecule has 0 bridgehead atoms. The van der Waals surface area contributed by atoms with Crippen LogP contribution in [-0.2, 0) is 0 Å². The second-order valence-corrected chi connectivity index (χ2v) is 3.23. The summed E-state index contributed by atoms with van der Waals surface area (Å²) in [4.78, 5) is 0. The van der Waals surface area contributed by atoms with Gasteiger partial charge in [0, 0.05) is 5.92 Å². The molecule has 50 valence electrons. The van der Waals surface area contributed by atoms with Crippen LogP contribution in [0, 0.1) is 5.92 Å². The Hall–Kier alpha value is -0.300. The molecule has 2 aliphatic carbocycles. The molecule has 1 N–H and O–H groups in total. The molecule has 2 atom stereocenters. The van der Waals surface area contributed by atoms with E-state index in [0.29, 0.717) is 5.92 Å². The minimum atomic E-state index is -0.306. The van der Waals surface area contributed by atoms with Crippen molar-refractivity contribution in [1.29, 1.82) is 0 Å². The van der Waals surface area contributed by atoms with Crippen molar-refractivity contribution in [2.24, 2.45) is 5.92 Å². The first-order valence-electron chi connectivity index (χ1n) is 3.70. The average Bonchev–Trinajstić information content (AvgIpc) is 2.22. The molecule has 1 heteroatoms. The van der Waals surface area contributed by atoms with Gasteiger partial charge in [0.25, 0.3) is 0 Å². The number of hydrogen-bond acceptors (Lipinski definition) is 1. The third-order valence-electron chi connectivity index (χ3n) is 2.65. The Kier molecular flexibility index (Phi) is 0.974. The van der Waals surface area contributed by atoms with Crippen molar-refractivity contribution in [3.05, 3.63) is 12.2 Å². The van der Waals surface area contributed by atoms with Gasteiger partial charge in [-0.05, 0) is 25.7 Å². The number of fused-ring (bicyclic) bond motifs is 1. The van der Waals surface area contributed by atoms with Gasteiger partial charge in [0.2, 0.25) is 0 Å². The highest BCUT2D eigenvalue weighted by Crippen LogP contribution is 2.42. The molecule has 2 unspecified atom stereocenters. The predicted octanol–water partition coefficient (Wildman–Crippen LogP) is 1.48. The molecule has 0 radical (unpaired) electrons. The van der Waals surface area contributed by atoms with E-state index in [1.54, 1.807) is 0 Å². The fraction of sp³-hybridized carbons (Fsp3) is 0.750. The summed E-state index contributed by atoms with van der Waals surface area (Å²) < 4.78 is 0. The van der Waals surface area contributed by atoms with E-state index in [0.717, 1.165) is 12.8 Å². The normalized spacial score (nSPS) is 47.9. The quantitative estimate of drug-likeness (QED) is 0.485. The Morgan fingerprint density at radius 1 is 1.56 bits per heavy atom. The zero-order valence-corrected chi connectivity index (χ0v) is 5.51. The highest BCUT2D eigenvalue weighted by Gasteiger charge is 2.41. The first kappa shape index (κ1) is 5.48. The van der Waals surface area contributed by atoms with Crippen LogP contribution in [0.5, 0.6) is 0 Å². The third-order valence-corrected chi connectivity index (χ3v) is 2.65. The average molecular weight is 124 g/mol. The molecule has 1 nitrogen and oxygen atoms in total. The molecular weight excluding hydrogens is 112 g/mol. The van der Waals surface area contributed by atoms with E-state index in [1.807, 2.05) is 0 Å². The molecule has 9 heavy (non-hydrogen) atoms. The van der Waals surface area contributed by atoms with Gasteiger partial charge in [-0.1, -0.05) is 12.2 Å². The van der Waals surface area contributed by atoms with E-state index in [4.69, 9.17) is 0 Å². The van der Waals surface area contributed by atoms with Crippen LogP contribution in [0.3, 0.4) is 0 Å². The molecule has 0 aromatic rings. The maximum Gasteiger partial charge on any atom is 0.0744 e. The Bertz CT molecular complexity index is 151. The van der Waals surface area contributed by atoms with Crippen molar-refractivity contribution in [2.75, 3.05) is 0 Å². The van der Waals surface area contributed by atoms with Crippen molar-refractivity contribution in [3.63, 3.8) is 0 Å². The van der Waals surface area contributed by atoms with Crippen LogP contribution < -0.4 is 0 Å². The maximum absolute atomic E-state index is 9.77. The highest BCUT2D eigenvalue weighted by molar-refractivity contribution is 5.12. The molecule has 2 rings (SSSR count). The van der Waals surface area contributed by atoms with Gasteiger partial charge < -0.3 is 5.11 Å². The molecule has 1 saturated carbocycles. The summed E-state index contributed by atoms with van der Waals surface area (Å²) >= 11 is 0. The largest absolute Gasteiger partial charge is 0.389 e. The lowest BCUT2D eigenvalue weighted by molar-refractivity contribution is 0.0315. The van der Waals surface area contributed by atoms with E-state index in [2.05, 4.69) is 12.2 Å². The molecule has 0 aliphatic heterocycles. The Balaban J connectivity index is 2.24. The molecule has 0 aromatic carbocycles. The topological polar surface area (TPSA) is 20.2 Å². The fourth-order valence-electron chi connectivity index (χ4n) is 2.05. The van der Waals surface area contributed by atoms with Crippen LogP contribution in [0.4, 0.5) is 0 Å². The summed E-state index contributed by atoms with van der Waals surface area (Å²) in [6.45, 7) is 0. The Morgan fingerprint density at radius 2 is 2.44 bits per heavy atom. The van der Waals surface area contributed by atoms with E-state index in [9.17, 15) is 5.11 Å². The monoisotopic (exact) mass is 124 g/mol. The molecule has 0 amide bonds. The molecule has 0 spiro atoms. The molecule has 0 heterocycles. The second-order valence-electron chi connectivity index (χ2n) is 3.23. The van der Waals surface area contributed by atoms with E-state index in [1.165, 1.54) is 12.8 Å². The summed E-state index contributed by atoms with van der Waals surface area (Å²) in [5.41, 5.74) is -0.306. The van der Waals surface area contributed by atoms with Crippen LogP contribution in [0.15, 0.2) is 12.2 Å². The van der Waals surface area contributed by atoms with Crippen molar-refractivity contribution >= 4 is 0 Å². The van der Waals surface area contributed by atoms with Crippen LogP contribution in [0.25, 0.3) is 0 Å². The first-order chi connectivity index (χ1) is 4.31. The third kappa shape index (κ3) is 0.645. The lowest BCUT2D eigenvalue weighted by Gasteiger charge is -2.21. The van der Waals surface area contributed by atoms with Gasteiger partial charge in [0.05, 0.1) is 5.60 Å². The zero-order valence-electron chi connectivity index (χ0n) is 5.51. The molecule has 0 saturated heterocycles. The molecular formula is C8H12O. The highest BCUT2D eigenvalue weighted by atomic mass is 16.3. The van der Waals surface area contributed by atoms with Crippen molar-refractivity contribution in [1.82, 2.24) is 0 Å². The maximum atomic E-state index is 9.77. The SMILES string of the molecule is OC12CC=CC1CCC2. The first-order valence-corrected chi connectivity index (χ1v) is 3.70. The molecule has 1 fully saturated rings. The molecule has 0 aromatic heterocycles. The Morgan fingerprint density at radius 3 is 3.22 bits per heavy atom. The zero-order chi connectivity index (χ0) is 6.32. The second kappa shape index (κ2) is 1.60. The summed E-state index contributed by atoms with van der Waals surface area (Å²) in [6.07, 6.45) is 8.62. The number of rotatable bonds is 0.